The van der Waals surface area contributed by atoms with Crippen LogP contribution in [0.4, 0.5) is 0 Å². The van der Waals surface area contributed by atoms with Gasteiger partial charge in [-0.3, -0.25) is 4.84 Å². The van der Waals surface area contributed by atoms with Crippen molar-refractivity contribution in [3.63, 3.8) is 0 Å². The molecule has 0 saturated carbocycles. The third kappa shape index (κ3) is 2.31. The first kappa shape index (κ1) is 8.20. The lowest BCUT2D eigenvalue weighted by Gasteiger charge is -2.10. The van der Waals surface area contributed by atoms with Crippen molar-refractivity contribution in [3.8, 4) is 0 Å². The molecule has 0 saturated heterocycles. The van der Waals surface area contributed by atoms with E-state index in [0.29, 0.717) is 0 Å². The van der Waals surface area contributed by atoms with Crippen LogP contribution in [0, 0.1) is 0 Å². The molecule has 1 unspecified atom stereocenters. The zero-order valence-electron chi connectivity index (χ0n) is 6.45. The Labute approximate surface area is 66.1 Å². The van der Waals surface area contributed by atoms with Crippen LogP contribution in [0.25, 0.3) is 0 Å². The molecular weight excluding hydrogens is 140 g/mol. The van der Waals surface area contributed by atoms with Gasteiger partial charge in [0.2, 0.25) is 0 Å². The van der Waals surface area contributed by atoms with Gasteiger partial charge < -0.3 is 0 Å². The lowest BCUT2D eigenvalue weighted by Crippen LogP contribution is -2.23. The van der Waals surface area contributed by atoms with Crippen molar-refractivity contribution in [1.29, 1.82) is 0 Å². The third-order valence-corrected chi connectivity index (χ3v) is 1.51. The molecular formula is C8H12N2O. The molecule has 0 aliphatic heterocycles. The molecule has 0 bridgehead atoms. The Morgan fingerprint density at radius 2 is 2.00 bits per heavy atom. The van der Waals surface area contributed by atoms with E-state index in [4.69, 9.17) is 10.7 Å². The molecule has 0 amide bonds. The second-order valence-corrected chi connectivity index (χ2v) is 2.29. The average Bonchev–Trinajstić information content (AvgIpc) is 2.07. The highest BCUT2D eigenvalue weighted by Gasteiger charge is 2.02. The van der Waals surface area contributed by atoms with E-state index in [1.807, 2.05) is 37.3 Å². The maximum atomic E-state index is 4.99. The Kier molecular flexibility index (Phi) is 3.04. The minimum atomic E-state index is -0.0128. The fraction of sp³-hybridized carbons (Fsp3) is 0.250. The molecule has 1 aromatic rings. The molecule has 60 valence electrons. The number of hydrazine groups is 1. The van der Waals surface area contributed by atoms with Gasteiger partial charge in [-0.1, -0.05) is 30.3 Å². The lowest BCUT2D eigenvalue weighted by atomic mass is 10.1. The molecule has 11 heavy (non-hydrogen) atoms. The van der Waals surface area contributed by atoms with Gasteiger partial charge in [0.05, 0.1) is 0 Å². The van der Waals surface area contributed by atoms with Gasteiger partial charge in [0, 0.05) is 0 Å². The number of hydrogen-bond acceptors (Lipinski definition) is 3. The summed E-state index contributed by atoms with van der Waals surface area (Å²) < 4.78 is 0. The quantitative estimate of drug-likeness (QED) is 0.504. The van der Waals surface area contributed by atoms with Crippen molar-refractivity contribution in [2.45, 2.75) is 13.0 Å². The first-order valence-electron chi connectivity index (χ1n) is 3.51. The number of nitrogens with one attached hydrogen (secondary N) is 1. The topological polar surface area (TPSA) is 47.3 Å². The molecule has 0 aliphatic rings. The smallest absolute Gasteiger partial charge is 0.103 e. The monoisotopic (exact) mass is 152 g/mol. The van der Waals surface area contributed by atoms with Crippen molar-refractivity contribution in [3.05, 3.63) is 35.9 Å². The third-order valence-electron chi connectivity index (χ3n) is 1.51. The molecule has 1 aromatic carbocycles. The summed E-state index contributed by atoms with van der Waals surface area (Å²) in [6.45, 7) is 1.93. The summed E-state index contributed by atoms with van der Waals surface area (Å²) in [7, 11) is 0. The van der Waals surface area contributed by atoms with Crippen molar-refractivity contribution in [2.24, 2.45) is 5.84 Å². The van der Waals surface area contributed by atoms with Gasteiger partial charge in [-0.05, 0) is 12.5 Å². The van der Waals surface area contributed by atoms with E-state index in [-0.39, 0.29) is 6.10 Å². The van der Waals surface area contributed by atoms with Crippen LogP contribution in [0.2, 0.25) is 0 Å². The summed E-state index contributed by atoms with van der Waals surface area (Å²) in [4.78, 5) is 4.96. The van der Waals surface area contributed by atoms with Crippen LogP contribution in [0.5, 0.6) is 0 Å². The van der Waals surface area contributed by atoms with E-state index in [1.165, 1.54) is 0 Å². The maximum Gasteiger partial charge on any atom is 0.103 e. The normalized spacial score (nSPS) is 12.9. The average molecular weight is 152 g/mol. The van der Waals surface area contributed by atoms with Crippen LogP contribution in [0.1, 0.15) is 18.6 Å². The van der Waals surface area contributed by atoms with Crippen molar-refractivity contribution in [1.82, 2.24) is 5.59 Å². The molecule has 1 atom stereocenters. The number of nitrogens with two attached hydrogens (primary N) is 1. The maximum absolute atomic E-state index is 4.99. The molecule has 0 heterocycles. The summed E-state index contributed by atoms with van der Waals surface area (Å²) in [5.74, 6) is 4.99. The molecule has 3 heteroatoms. The summed E-state index contributed by atoms with van der Waals surface area (Å²) >= 11 is 0. The number of rotatable bonds is 3. The lowest BCUT2D eigenvalue weighted by molar-refractivity contribution is -0.0168. The summed E-state index contributed by atoms with van der Waals surface area (Å²) in [6, 6.07) is 9.87. The Balaban J connectivity index is 2.61. The predicted molar refractivity (Wildman–Crippen MR) is 43.3 cm³/mol. The molecule has 0 spiro atoms. The molecule has 0 aliphatic carbocycles. The fourth-order valence-corrected chi connectivity index (χ4v) is 0.894. The van der Waals surface area contributed by atoms with Crippen LogP contribution in [-0.2, 0) is 4.84 Å². The Bertz CT molecular complexity index is 201. The van der Waals surface area contributed by atoms with Gasteiger partial charge in [0.15, 0.2) is 0 Å². The zero-order valence-corrected chi connectivity index (χ0v) is 6.45. The standard InChI is InChI=1S/C8H12N2O/c1-7(11-10-9)8-5-3-2-4-6-8/h2-7,10H,9H2,1H3. The van der Waals surface area contributed by atoms with Crippen molar-refractivity contribution < 1.29 is 4.84 Å². The van der Waals surface area contributed by atoms with E-state index in [9.17, 15) is 0 Å². The Morgan fingerprint density at radius 1 is 1.36 bits per heavy atom. The van der Waals surface area contributed by atoms with E-state index in [2.05, 4.69) is 5.59 Å². The second kappa shape index (κ2) is 4.08. The van der Waals surface area contributed by atoms with Crippen molar-refractivity contribution >= 4 is 0 Å². The molecule has 1 rings (SSSR count). The first-order valence-corrected chi connectivity index (χ1v) is 3.51. The highest BCUT2D eigenvalue weighted by atomic mass is 16.7. The van der Waals surface area contributed by atoms with Gasteiger partial charge in [0.1, 0.15) is 6.10 Å². The highest BCUT2D eigenvalue weighted by Crippen LogP contribution is 2.13. The predicted octanol–water partition coefficient (Wildman–Crippen LogP) is 1.14. The summed E-state index contributed by atoms with van der Waals surface area (Å²) in [6.07, 6.45) is -0.0128. The van der Waals surface area contributed by atoms with Crippen LogP contribution in [0.15, 0.2) is 30.3 Å². The number of benzene rings is 1. The first-order chi connectivity index (χ1) is 5.34. The van der Waals surface area contributed by atoms with Crippen LogP contribution >= 0.6 is 0 Å². The number of hydrogen-bond donors (Lipinski definition) is 2. The van der Waals surface area contributed by atoms with E-state index >= 15 is 0 Å². The van der Waals surface area contributed by atoms with E-state index in [1.54, 1.807) is 0 Å². The van der Waals surface area contributed by atoms with Crippen LogP contribution < -0.4 is 11.4 Å². The Morgan fingerprint density at radius 3 is 2.55 bits per heavy atom. The SMILES string of the molecule is CC(ONN)c1ccccc1. The van der Waals surface area contributed by atoms with Crippen LogP contribution in [0.3, 0.4) is 0 Å². The Hall–Kier alpha value is -0.900. The summed E-state index contributed by atoms with van der Waals surface area (Å²) in [5, 5.41) is 0. The van der Waals surface area contributed by atoms with Crippen LogP contribution in [-0.4, -0.2) is 0 Å². The van der Waals surface area contributed by atoms with Crippen molar-refractivity contribution in [2.75, 3.05) is 0 Å². The van der Waals surface area contributed by atoms with Gasteiger partial charge in [-0.2, -0.15) is 0 Å². The molecule has 0 radical (unpaired) electrons. The van der Waals surface area contributed by atoms with Gasteiger partial charge in [-0.25, -0.2) is 5.84 Å². The largest absolute Gasteiger partial charge is 0.279 e. The van der Waals surface area contributed by atoms with Gasteiger partial charge in [-0.15, -0.1) is 5.59 Å². The second-order valence-electron chi connectivity index (χ2n) is 2.29. The van der Waals surface area contributed by atoms with Gasteiger partial charge >= 0.3 is 0 Å². The molecule has 3 nitrogen and oxygen atoms in total. The van der Waals surface area contributed by atoms with E-state index < -0.39 is 0 Å². The van der Waals surface area contributed by atoms with Gasteiger partial charge in [0.25, 0.3) is 0 Å². The minimum Gasteiger partial charge on any atom is -0.279 e. The van der Waals surface area contributed by atoms with E-state index in [0.717, 1.165) is 5.56 Å². The minimum absolute atomic E-state index is 0.0128. The summed E-state index contributed by atoms with van der Waals surface area (Å²) in [5.41, 5.74) is 3.27. The molecule has 0 fully saturated rings. The fourth-order valence-electron chi connectivity index (χ4n) is 0.894. The zero-order chi connectivity index (χ0) is 8.10. The highest BCUT2D eigenvalue weighted by molar-refractivity contribution is 5.16. The molecule has 0 aromatic heterocycles. The molecule has 3 N–H and O–H groups in total.